The number of aromatic nitrogens is 8. The lowest BCUT2D eigenvalue weighted by molar-refractivity contribution is 0.460. The van der Waals surface area contributed by atoms with Crippen molar-refractivity contribution in [1.29, 1.82) is 0 Å². The monoisotopic (exact) mass is 518 g/mol. The van der Waals surface area contributed by atoms with E-state index in [2.05, 4.69) is 32.3 Å². The summed E-state index contributed by atoms with van der Waals surface area (Å²) < 4.78 is 2.93. The molecule has 1 N–H and O–H groups in total. The van der Waals surface area contributed by atoms with Crippen LogP contribution in [0.3, 0.4) is 0 Å². The molecular weight excluding hydrogens is 491 g/mol. The van der Waals surface area contributed by atoms with Crippen molar-refractivity contribution in [1.82, 2.24) is 39.3 Å². The summed E-state index contributed by atoms with van der Waals surface area (Å²) in [6.45, 7) is 5.34. The van der Waals surface area contributed by atoms with Gasteiger partial charge in [0.25, 0.3) is 5.56 Å². The third-order valence-electron chi connectivity index (χ3n) is 5.80. The maximum atomic E-state index is 13.0. The molecule has 0 saturated carbocycles. The molecule has 1 aromatic carbocycles. The maximum Gasteiger partial charge on any atom is 0.332 e. The number of halogens is 2. The van der Waals surface area contributed by atoms with Gasteiger partial charge in [-0.3, -0.25) is 13.9 Å². The minimum absolute atomic E-state index is 0.299. The summed E-state index contributed by atoms with van der Waals surface area (Å²) >= 11 is 12.0. The molecule has 186 valence electrons. The molecule has 0 aliphatic rings. The number of aryl methyl sites for hydroxylation is 3. The van der Waals surface area contributed by atoms with Crippen molar-refractivity contribution in [2.75, 3.05) is 0 Å². The predicted molar refractivity (Wildman–Crippen MR) is 135 cm³/mol. The molecule has 4 aromatic rings. The van der Waals surface area contributed by atoms with Crippen LogP contribution < -0.4 is 11.2 Å². The van der Waals surface area contributed by atoms with Crippen LogP contribution in [0.5, 0.6) is 0 Å². The molecule has 0 aliphatic heterocycles. The van der Waals surface area contributed by atoms with Crippen molar-refractivity contribution < 1.29 is 0 Å². The fourth-order valence-electron chi connectivity index (χ4n) is 3.97. The summed E-state index contributed by atoms with van der Waals surface area (Å²) in [6, 6.07) is 5.43. The molecule has 35 heavy (non-hydrogen) atoms. The highest BCUT2D eigenvalue weighted by Gasteiger charge is 2.16. The summed E-state index contributed by atoms with van der Waals surface area (Å²) in [4.78, 5) is 34.9. The number of nitrogens with zero attached hydrogens (tertiary/aromatic N) is 7. The molecule has 0 radical (unpaired) electrons. The van der Waals surface area contributed by atoms with E-state index < -0.39 is 0 Å². The molecule has 12 heteroatoms. The summed E-state index contributed by atoms with van der Waals surface area (Å²) in [5.41, 5.74) is 1.17. The van der Waals surface area contributed by atoms with E-state index in [0.717, 1.165) is 31.2 Å². The first-order chi connectivity index (χ1) is 16.9. The number of fused-ring (bicyclic) bond motifs is 1. The Balaban J connectivity index is 1.34. The normalized spacial score (nSPS) is 11.5. The second-order valence-corrected chi connectivity index (χ2v) is 9.37. The molecule has 4 rings (SSSR count). The molecule has 0 saturated heterocycles. The summed E-state index contributed by atoms with van der Waals surface area (Å²) in [5.74, 6) is 1.23. The number of hydrogen-bond acceptors (Lipinski definition) is 6. The fourth-order valence-corrected chi connectivity index (χ4v) is 4.29. The van der Waals surface area contributed by atoms with Crippen LogP contribution in [0.2, 0.25) is 10.0 Å². The molecular formula is C23H28Cl2N8O2. The van der Waals surface area contributed by atoms with E-state index in [1.807, 2.05) is 6.07 Å². The average molecular weight is 519 g/mol. The van der Waals surface area contributed by atoms with Crippen molar-refractivity contribution in [3.05, 3.63) is 66.3 Å². The smallest absolute Gasteiger partial charge is 0.332 e. The van der Waals surface area contributed by atoms with E-state index in [9.17, 15) is 9.59 Å². The van der Waals surface area contributed by atoms with E-state index in [0.29, 0.717) is 65.3 Å². The SMILES string of the molecule is CCCCn1c(=O)n(CCCCCn2nnc(Cc3ccc(Cl)c(Cl)c3)n2)c(=O)c2[nH]c(C)nc21. The van der Waals surface area contributed by atoms with Crippen LogP contribution in [0.15, 0.2) is 27.8 Å². The van der Waals surface area contributed by atoms with Crippen molar-refractivity contribution in [2.24, 2.45) is 0 Å². The third kappa shape index (κ3) is 5.82. The molecule has 3 heterocycles. The predicted octanol–water partition coefficient (Wildman–Crippen LogP) is 3.75. The minimum atomic E-state index is -0.316. The van der Waals surface area contributed by atoms with Crippen LogP contribution in [0.4, 0.5) is 0 Å². The second kappa shape index (κ2) is 11.2. The van der Waals surface area contributed by atoms with Gasteiger partial charge in [0.2, 0.25) is 0 Å². The van der Waals surface area contributed by atoms with Gasteiger partial charge in [-0.2, -0.15) is 4.80 Å². The molecule has 10 nitrogen and oxygen atoms in total. The lowest BCUT2D eigenvalue weighted by Crippen LogP contribution is -2.40. The van der Waals surface area contributed by atoms with E-state index in [-0.39, 0.29) is 11.2 Å². The van der Waals surface area contributed by atoms with Gasteiger partial charge in [0.05, 0.1) is 16.6 Å². The highest BCUT2D eigenvalue weighted by Crippen LogP contribution is 2.23. The van der Waals surface area contributed by atoms with Crippen molar-refractivity contribution in [3.8, 4) is 0 Å². The molecule has 0 spiro atoms. The molecule has 0 fully saturated rings. The van der Waals surface area contributed by atoms with Crippen molar-refractivity contribution in [2.45, 2.75) is 72.0 Å². The Bertz CT molecular complexity index is 1440. The van der Waals surface area contributed by atoms with Gasteiger partial charge >= 0.3 is 5.69 Å². The first-order valence-corrected chi connectivity index (χ1v) is 12.5. The van der Waals surface area contributed by atoms with E-state index in [1.165, 1.54) is 4.57 Å². The molecule has 0 aliphatic carbocycles. The first kappa shape index (κ1) is 25.1. The Hall–Kier alpha value is -2.98. The maximum absolute atomic E-state index is 13.0. The van der Waals surface area contributed by atoms with Gasteiger partial charge in [0, 0.05) is 19.5 Å². The second-order valence-electron chi connectivity index (χ2n) is 8.55. The van der Waals surface area contributed by atoms with Gasteiger partial charge in [0.15, 0.2) is 11.5 Å². The molecule has 0 bridgehead atoms. The number of rotatable bonds is 11. The zero-order valence-electron chi connectivity index (χ0n) is 19.8. The van der Waals surface area contributed by atoms with Crippen molar-refractivity contribution in [3.63, 3.8) is 0 Å². The van der Waals surface area contributed by atoms with E-state index in [1.54, 1.807) is 28.4 Å². The Morgan fingerprint density at radius 1 is 0.971 bits per heavy atom. The van der Waals surface area contributed by atoms with E-state index >= 15 is 0 Å². The number of hydrogen-bond donors (Lipinski definition) is 1. The Kier molecular flexibility index (Phi) is 8.02. The van der Waals surface area contributed by atoms with Gasteiger partial charge in [-0.1, -0.05) is 42.6 Å². The molecule has 0 atom stereocenters. The van der Waals surface area contributed by atoms with Crippen LogP contribution in [0.1, 0.15) is 56.2 Å². The van der Waals surface area contributed by atoms with Gasteiger partial charge in [-0.15, -0.1) is 10.2 Å². The van der Waals surface area contributed by atoms with Crippen LogP contribution in [0, 0.1) is 6.92 Å². The molecule has 0 amide bonds. The quantitative estimate of drug-likeness (QED) is 0.302. The number of H-pyrrole nitrogens is 1. The largest absolute Gasteiger partial charge is 0.336 e. The summed E-state index contributed by atoms with van der Waals surface area (Å²) in [5, 5.41) is 13.6. The lowest BCUT2D eigenvalue weighted by atomic mass is 10.1. The number of unbranched alkanes of at least 4 members (excludes halogenated alkanes) is 3. The standard InChI is InChI=1S/C23H28Cl2N8O2/c1-3-4-10-31-21-20(26-15(2)27-21)22(34)32(23(31)35)11-6-5-7-12-33-29-19(28-30-33)14-16-8-9-17(24)18(25)13-16/h8-9,13H,3-7,10-12,14H2,1-2H3,(H,26,27). The zero-order valence-corrected chi connectivity index (χ0v) is 21.3. The van der Waals surface area contributed by atoms with Crippen LogP contribution >= 0.6 is 23.2 Å². The van der Waals surface area contributed by atoms with E-state index in [4.69, 9.17) is 23.2 Å². The van der Waals surface area contributed by atoms with Crippen LogP contribution in [-0.2, 0) is 26.1 Å². The number of aromatic amines is 1. The summed E-state index contributed by atoms with van der Waals surface area (Å²) in [7, 11) is 0. The van der Waals surface area contributed by atoms with Crippen molar-refractivity contribution >= 4 is 34.4 Å². The Morgan fingerprint density at radius 2 is 1.74 bits per heavy atom. The molecule has 3 aromatic heterocycles. The Labute approximate surface area is 211 Å². The summed E-state index contributed by atoms with van der Waals surface area (Å²) in [6.07, 6.45) is 4.60. The fraction of sp³-hybridized carbons (Fsp3) is 0.478. The first-order valence-electron chi connectivity index (χ1n) is 11.8. The lowest BCUT2D eigenvalue weighted by Gasteiger charge is -2.11. The molecule has 0 unspecified atom stereocenters. The third-order valence-corrected chi connectivity index (χ3v) is 6.53. The number of nitrogens with one attached hydrogen (secondary N) is 1. The van der Waals surface area contributed by atoms with Gasteiger partial charge in [-0.25, -0.2) is 9.78 Å². The zero-order chi connectivity index (χ0) is 24.9. The minimum Gasteiger partial charge on any atom is -0.336 e. The van der Waals surface area contributed by atoms with Gasteiger partial charge in [-0.05, 0) is 55.5 Å². The highest BCUT2D eigenvalue weighted by atomic mass is 35.5. The number of imidazole rings is 1. The number of tetrazole rings is 1. The van der Waals surface area contributed by atoms with Crippen LogP contribution in [0.25, 0.3) is 11.2 Å². The van der Waals surface area contributed by atoms with Crippen LogP contribution in [-0.4, -0.2) is 39.3 Å². The van der Waals surface area contributed by atoms with Gasteiger partial charge in [0.1, 0.15) is 11.3 Å². The topological polar surface area (TPSA) is 116 Å². The average Bonchev–Trinajstić information content (AvgIpc) is 3.44. The number of benzene rings is 1. The van der Waals surface area contributed by atoms with Gasteiger partial charge < -0.3 is 4.98 Å². The Morgan fingerprint density at radius 3 is 2.51 bits per heavy atom. The highest BCUT2D eigenvalue weighted by molar-refractivity contribution is 6.42.